The molecule has 1 aromatic rings. The second-order valence-corrected chi connectivity index (χ2v) is 9.77. The van der Waals surface area contributed by atoms with Gasteiger partial charge in [0.05, 0.1) is 11.8 Å². The third-order valence-electron chi connectivity index (χ3n) is 7.40. The van der Waals surface area contributed by atoms with Gasteiger partial charge in [0.1, 0.15) is 11.5 Å². The zero-order valence-electron chi connectivity index (χ0n) is 20.5. The number of esters is 2. The Bertz CT molecular complexity index is 760. The number of carbonyl (C=O) groups is 2. The van der Waals surface area contributed by atoms with Gasteiger partial charge in [0, 0.05) is 27.4 Å². The van der Waals surface area contributed by atoms with Gasteiger partial charge in [-0.05, 0) is 107 Å². The molecule has 2 aliphatic rings. The largest absolute Gasteiger partial charge is 0.426 e. The van der Waals surface area contributed by atoms with E-state index in [9.17, 15) is 9.59 Å². The van der Waals surface area contributed by atoms with E-state index in [1.807, 2.05) is 6.92 Å². The second-order valence-electron chi connectivity index (χ2n) is 9.77. The van der Waals surface area contributed by atoms with Crippen LogP contribution in [0.3, 0.4) is 0 Å². The van der Waals surface area contributed by atoms with Gasteiger partial charge in [-0.15, -0.1) is 0 Å². The maximum absolute atomic E-state index is 12.7. The first-order valence-corrected chi connectivity index (χ1v) is 12.5. The molecule has 2 aliphatic carbocycles. The number of carbonyl (C=O) groups excluding carboxylic acids is 2. The summed E-state index contributed by atoms with van der Waals surface area (Å²) in [6.07, 6.45) is 9.80. The van der Waals surface area contributed by atoms with Gasteiger partial charge < -0.3 is 18.9 Å². The van der Waals surface area contributed by atoms with Gasteiger partial charge in [-0.1, -0.05) is 0 Å². The lowest BCUT2D eigenvalue weighted by Gasteiger charge is -2.27. The van der Waals surface area contributed by atoms with E-state index >= 15 is 0 Å². The normalized spacial score (nSPS) is 25.4. The van der Waals surface area contributed by atoms with Gasteiger partial charge in [-0.2, -0.15) is 0 Å². The number of methoxy groups -OCH3 is 2. The highest BCUT2D eigenvalue weighted by Crippen LogP contribution is 2.34. The first-order chi connectivity index (χ1) is 16.0. The number of hydrogen-bond acceptors (Lipinski definition) is 6. The SMILES string of the molecule is COCCC1CCC(C(=O)Oc2ccc(OC(=O)C3CCC(CCOC)CC3)c(C)c2)CC1. The minimum Gasteiger partial charge on any atom is -0.426 e. The molecule has 0 N–H and O–H groups in total. The summed E-state index contributed by atoms with van der Waals surface area (Å²) in [7, 11) is 3.46. The summed E-state index contributed by atoms with van der Waals surface area (Å²) in [5.41, 5.74) is 0.797. The van der Waals surface area contributed by atoms with Crippen LogP contribution in [-0.2, 0) is 19.1 Å². The molecule has 0 amide bonds. The summed E-state index contributed by atoms with van der Waals surface area (Å²) >= 11 is 0. The lowest BCUT2D eigenvalue weighted by molar-refractivity contribution is -0.141. The van der Waals surface area contributed by atoms with E-state index in [4.69, 9.17) is 18.9 Å². The van der Waals surface area contributed by atoms with Gasteiger partial charge in [0.15, 0.2) is 0 Å². The average molecular weight is 461 g/mol. The Morgan fingerprint density at radius 1 is 0.758 bits per heavy atom. The number of rotatable bonds is 10. The average Bonchev–Trinajstić information content (AvgIpc) is 2.83. The molecule has 33 heavy (non-hydrogen) atoms. The summed E-state index contributed by atoms with van der Waals surface area (Å²) in [6, 6.07) is 5.24. The van der Waals surface area contributed by atoms with E-state index in [-0.39, 0.29) is 23.8 Å². The van der Waals surface area contributed by atoms with Crippen LogP contribution >= 0.6 is 0 Å². The molecule has 0 spiro atoms. The van der Waals surface area contributed by atoms with Crippen molar-refractivity contribution in [1.29, 1.82) is 0 Å². The van der Waals surface area contributed by atoms with Crippen molar-refractivity contribution in [1.82, 2.24) is 0 Å². The molecule has 0 atom stereocenters. The number of ether oxygens (including phenoxy) is 4. The fourth-order valence-corrected chi connectivity index (χ4v) is 5.13. The van der Waals surface area contributed by atoms with Crippen molar-refractivity contribution < 1.29 is 28.5 Å². The van der Waals surface area contributed by atoms with Crippen molar-refractivity contribution in [2.45, 2.75) is 71.1 Å². The summed E-state index contributed by atoms with van der Waals surface area (Å²) in [6.45, 7) is 3.44. The topological polar surface area (TPSA) is 71.1 Å². The van der Waals surface area contributed by atoms with Crippen LogP contribution in [0.25, 0.3) is 0 Å². The van der Waals surface area contributed by atoms with Crippen LogP contribution in [0.4, 0.5) is 0 Å². The molecule has 0 heterocycles. The highest BCUT2D eigenvalue weighted by atomic mass is 16.5. The summed E-state index contributed by atoms with van der Waals surface area (Å²) in [5, 5.41) is 0. The minimum absolute atomic E-state index is 0.0411. The zero-order chi connectivity index (χ0) is 23.6. The molecule has 0 bridgehead atoms. The van der Waals surface area contributed by atoms with E-state index in [2.05, 4.69) is 0 Å². The van der Waals surface area contributed by atoms with Crippen LogP contribution in [0, 0.1) is 30.6 Å². The number of hydrogen-bond donors (Lipinski definition) is 0. The van der Waals surface area contributed by atoms with Crippen molar-refractivity contribution >= 4 is 11.9 Å². The molecular formula is C27H40O6. The lowest BCUT2D eigenvalue weighted by atomic mass is 9.81. The lowest BCUT2D eigenvalue weighted by Crippen LogP contribution is -2.26. The number of benzene rings is 1. The van der Waals surface area contributed by atoms with E-state index in [1.165, 1.54) is 0 Å². The maximum atomic E-state index is 12.7. The predicted molar refractivity (Wildman–Crippen MR) is 126 cm³/mol. The zero-order valence-corrected chi connectivity index (χ0v) is 20.5. The summed E-state index contributed by atoms with van der Waals surface area (Å²) in [5.74, 6) is 1.95. The highest BCUT2D eigenvalue weighted by molar-refractivity contribution is 5.76. The second kappa shape index (κ2) is 13.1. The molecule has 0 saturated heterocycles. The van der Waals surface area contributed by atoms with Gasteiger partial charge in [-0.25, -0.2) is 0 Å². The van der Waals surface area contributed by atoms with Crippen molar-refractivity contribution in [2.24, 2.45) is 23.7 Å². The molecule has 3 rings (SSSR count). The van der Waals surface area contributed by atoms with Gasteiger partial charge in [0.25, 0.3) is 0 Å². The first kappa shape index (κ1) is 25.7. The molecule has 0 unspecified atom stereocenters. The Labute approximate surface area is 198 Å². The highest BCUT2D eigenvalue weighted by Gasteiger charge is 2.29. The molecule has 0 radical (unpaired) electrons. The molecule has 0 aliphatic heterocycles. The Balaban J connectivity index is 1.45. The Hall–Kier alpha value is -1.92. The van der Waals surface area contributed by atoms with Crippen molar-refractivity contribution in [3.63, 3.8) is 0 Å². The smallest absolute Gasteiger partial charge is 0.314 e. The monoisotopic (exact) mass is 460 g/mol. The fourth-order valence-electron chi connectivity index (χ4n) is 5.13. The number of aryl methyl sites for hydroxylation is 1. The molecular weight excluding hydrogens is 420 g/mol. The molecule has 184 valence electrons. The maximum Gasteiger partial charge on any atom is 0.314 e. The minimum atomic E-state index is -0.158. The molecule has 2 fully saturated rings. The third kappa shape index (κ3) is 7.82. The van der Waals surface area contributed by atoms with E-state index in [1.54, 1.807) is 32.4 Å². The van der Waals surface area contributed by atoms with Crippen LogP contribution < -0.4 is 9.47 Å². The Morgan fingerprint density at radius 2 is 1.24 bits per heavy atom. The van der Waals surface area contributed by atoms with E-state index < -0.39 is 0 Å². The molecule has 0 aromatic heterocycles. The van der Waals surface area contributed by atoms with E-state index in [0.717, 1.165) is 83.0 Å². The van der Waals surface area contributed by atoms with Gasteiger partial charge in [-0.3, -0.25) is 9.59 Å². The van der Waals surface area contributed by atoms with Crippen molar-refractivity contribution in [3.8, 4) is 11.5 Å². The fraction of sp³-hybridized carbons (Fsp3) is 0.704. The predicted octanol–water partition coefficient (Wildman–Crippen LogP) is 5.49. The Morgan fingerprint density at radius 3 is 1.70 bits per heavy atom. The molecule has 6 nitrogen and oxygen atoms in total. The van der Waals surface area contributed by atoms with Gasteiger partial charge >= 0.3 is 11.9 Å². The van der Waals surface area contributed by atoms with Crippen LogP contribution in [-0.4, -0.2) is 39.4 Å². The van der Waals surface area contributed by atoms with Crippen LogP contribution in [0.1, 0.15) is 69.8 Å². The van der Waals surface area contributed by atoms with E-state index in [0.29, 0.717) is 23.3 Å². The standard InChI is InChI=1S/C27H40O6/c1-19-18-24(32-26(28)22-8-4-20(5-9-22)14-16-30-2)12-13-25(19)33-27(29)23-10-6-21(7-11-23)15-17-31-3/h12-13,18,20-23H,4-11,14-17H2,1-3H3. The van der Waals surface area contributed by atoms with Crippen molar-refractivity contribution in [3.05, 3.63) is 23.8 Å². The van der Waals surface area contributed by atoms with Crippen molar-refractivity contribution in [2.75, 3.05) is 27.4 Å². The Kier molecular flexibility index (Phi) is 10.2. The molecule has 2 saturated carbocycles. The summed E-state index contributed by atoms with van der Waals surface area (Å²) < 4.78 is 21.7. The van der Waals surface area contributed by atoms with Crippen LogP contribution in [0.2, 0.25) is 0 Å². The van der Waals surface area contributed by atoms with Crippen LogP contribution in [0.5, 0.6) is 11.5 Å². The quantitative estimate of drug-likeness (QED) is 0.340. The molecule has 6 heteroatoms. The van der Waals surface area contributed by atoms with Crippen LogP contribution in [0.15, 0.2) is 18.2 Å². The first-order valence-electron chi connectivity index (χ1n) is 12.5. The summed E-state index contributed by atoms with van der Waals surface area (Å²) in [4.78, 5) is 25.3. The molecule has 1 aromatic carbocycles. The third-order valence-corrected chi connectivity index (χ3v) is 7.40. The van der Waals surface area contributed by atoms with Gasteiger partial charge in [0.2, 0.25) is 0 Å².